The molecule has 128 valence electrons. The molecule has 0 spiro atoms. The standard InChI is InChI=1S/C18H17N3O4/c1-2-25-18(24)14-13(19-20-15(14)10-7-8-10)9-21-16(22)11-5-3-4-6-12(11)17(21)23/h3-6,10H,2,7-9H2,1H3,(H,19,20). The molecule has 2 amide bonds. The first-order chi connectivity index (χ1) is 12.1. The molecule has 7 heteroatoms. The average Bonchev–Trinajstić information content (AvgIpc) is 3.33. The van der Waals surface area contributed by atoms with E-state index in [0.717, 1.165) is 17.7 Å². The molecule has 0 bridgehead atoms. The van der Waals surface area contributed by atoms with Crippen molar-refractivity contribution in [2.45, 2.75) is 32.2 Å². The van der Waals surface area contributed by atoms with Gasteiger partial charge in [0, 0.05) is 5.92 Å². The van der Waals surface area contributed by atoms with E-state index in [0.29, 0.717) is 28.1 Å². The molecule has 25 heavy (non-hydrogen) atoms. The van der Waals surface area contributed by atoms with Gasteiger partial charge in [-0.3, -0.25) is 19.6 Å². The minimum Gasteiger partial charge on any atom is -0.462 e. The number of carbonyl (C=O) groups is 3. The Balaban J connectivity index is 1.67. The number of hydrogen-bond donors (Lipinski definition) is 1. The van der Waals surface area contributed by atoms with Crippen LogP contribution in [0.5, 0.6) is 0 Å². The van der Waals surface area contributed by atoms with Crippen LogP contribution in [0.2, 0.25) is 0 Å². The highest BCUT2D eigenvalue weighted by atomic mass is 16.5. The summed E-state index contributed by atoms with van der Waals surface area (Å²) in [6.07, 6.45) is 1.95. The molecule has 0 unspecified atom stereocenters. The zero-order valence-corrected chi connectivity index (χ0v) is 13.7. The predicted octanol–water partition coefficient (Wildman–Crippen LogP) is 2.26. The highest BCUT2D eigenvalue weighted by Crippen LogP contribution is 2.41. The number of rotatable bonds is 5. The van der Waals surface area contributed by atoms with Crippen molar-refractivity contribution in [3.8, 4) is 0 Å². The van der Waals surface area contributed by atoms with E-state index in [9.17, 15) is 14.4 Å². The van der Waals surface area contributed by atoms with E-state index < -0.39 is 5.97 Å². The maximum Gasteiger partial charge on any atom is 0.341 e. The highest BCUT2D eigenvalue weighted by molar-refractivity contribution is 6.21. The van der Waals surface area contributed by atoms with Crippen LogP contribution < -0.4 is 0 Å². The molecule has 1 aliphatic heterocycles. The summed E-state index contributed by atoms with van der Waals surface area (Å²) < 4.78 is 5.14. The first kappa shape index (κ1) is 15.6. The molecule has 0 saturated heterocycles. The molecule has 1 fully saturated rings. The molecule has 1 aromatic carbocycles. The number of nitrogens with one attached hydrogen (secondary N) is 1. The van der Waals surface area contributed by atoms with Gasteiger partial charge in [0.25, 0.3) is 11.8 Å². The summed E-state index contributed by atoms with van der Waals surface area (Å²) in [4.78, 5) is 38.6. The van der Waals surface area contributed by atoms with E-state index >= 15 is 0 Å². The fourth-order valence-electron chi connectivity index (χ4n) is 3.13. The molecular weight excluding hydrogens is 322 g/mol. The first-order valence-electron chi connectivity index (χ1n) is 8.31. The van der Waals surface area contributed by atoms with Crippen molar-refractivity contribution in [3.05, 3.63) is 52.3 Å². The lowest BCUT2D eigenvalue weighted by Crippen LogP contribution is -2.30. The summed E-state index contributed by atoms with van der Waals surface area (Å²) >= 11 is 0. The van der Waals surface area contributed by atoms with Gasteiger partial charge in [-0.2, -0.15) is 5.10 Å². The van der Waals surface area contributed by atoms with E-state index in [1.165, 1.54) is 0 Å². The smallest absolute Gasteiger partial charge is 0.341 e. The summed E-state index contributed by atoms with van der Waals surface area (Å²) in [5, 5.41) is 7.08. The number of aromatic amines is 1. The summed E-state index contributed by atoms with van der Waals surface area (Å²) in [6.45, 7) is 1.96. The minimum absolute atomic E-state index is 0.0276. The second-order valence-electron chi connectivity index (χ2n) is 6.20. The Morgan fingerprint density at radius 1 is 1.24 bits per heavy atom. The quantitative estimate of drug-likeness (QED) is 0.666. The lowest BCUT2D eigenvalue weighted by Gasteiger charge is -2.13. The van der Waals surface area contributed by atoms with Crippen LogP contribution in [0.4, 0.5) is 0 Å². The maximum atomic E-state index is 12.5. The lowest BCUT2D eigenvalue weighted by molar-refractivity contribution is 0.0515. The minimum atomic E-state index is -0.468. The molecule has 2 heterocycles. The number of carbonyl (C=O) groups excluding carboxylic acids is 3. The van der Waals surface area contributed by atoms with Crippen molar-refractivity contribution in [1.29, 1.82) is 0 Å². The van der Waals surface area contributed by atoms with Crippen LogP contribution in [0.3, 0.4) is 0 Å². The van der Waals surface area contributed by atoms with Crippen molar-refractivity contribution in [3.63, 3.8) is 0 Å². The largest absolute Gasteiger partial charge is 0.462 e. The van der Waals surface area contributed by atoms with Gasteiger partial charge in [0.05, 0.1) is 35.7 Å². The molecule has 2 aromatic rings. The monoisotopic (exact) mass is 339 g/mol. The number of hydrogen-bond acceptors (Lipinski definition) is 5. The third-order valence-electron chi connectivity index (χ3n) is 4.51. The van der Waals surface area contributed by atoms with Crippen molar-refractivity contribution in [1.82, 2.24) is 15.1 Å². The molecule has 1 aliphatic carbocycles. The van der Waals surface area contributed by atoms with Gasteiger partial charge in [-0.25, -0.2) is 4.79 Å². The molecule has 1 aromatic heterocycles. The van der Waals surface area contributed by atoms with Crippen LogP contribution >= 0.6 is 0 Å². The Bertz CT molecular complexity index is 847. The third kappa shape index (κ3) is 2.52. The second kappa shape index (κ2) is 5.84. The Hall–Kier alpha value is -2.96. The third-order valence-corrected chi connectivity index (χ3v) is 4.51. The zero-order valence-electron chi connectivity index (χ0n) is 13.7. The number of amides is 2. The molecule has 0 radical (unpaired) electrons. The molecule has 7 nitrogen and oxygen atoms in total. The van der Waals surface area contributed by atoms with Gasteiger partial charge in [-0.15, -0.1) is 0 Å². The first-order valence-corrected chi connectivity index (χ1v) is 8.31. The molecule has 0 atom stereocenters. The fourth-order valence-corrected chi connectivity index (χ4v) is 3.13. The number of imide groups is 1. The molecule has 4 rings (SSSR count). The summed E-state index contributed by atoms with van der Waals surface area (Å²) in [7, 11) is 0. The van der Waals surface area contributed by atoms with Gasteiger partial charge >= 0.3 is 5.97 Å². The SMILES string of the molecule is CCOC(=O)c1c(C2CC2)n[nH]c1CN1C(=O)c2ccccc2C1=O. The molecular formula is C18H17N3O4. The van der Waals surface area contributed by atoms with Crippen molar-refractivity contribution >= 4 is 17.8 Å². The predicted molar refractivity (Wildman–Crippen MR) is 87.2 cm³/mol. The summed E-state index contributed by atoms with van der Waals surface area (Å²) in [5.41, 5.74) is 2.24. The van der Waals surface area contributed by atoms with E-state index in [4.69, 9.17) is 4.74 Å². The number of esters is 1. The Morgan fingerprint density at radius 2 is 1.88 bits per heavy atom. The number of fused-ring (bicyclic) bond motifs is 1. The van der Waals surface area contributed by atoms with Crippen molar-refractivity contribution < 1.29 is 19.1 Å². The van der Waals surface area contributed by atoms with Crippen LogP contribution in [-0.4, -0.2) is 39.5 Å². The van der Waals surface area contributed by atoms with Gasteiger partial charge < -0.3 is 4.74 Å². The summed E-state index contributed by atoms with van der Waals surface area (Å²) in [6, 6.07) is 6.70. The Kier molecular flexibility index (Phi) is 3.63. The van der Waals surface area contributed by atoms with E-state index in [1.807, 2.05) is 0 Å². The molecule has 2 aliphatic rings. The number of aromatic nitrogens is 2. The van der Waals surface area contributed by atoms with Gasteiger partial charge in [-0.05, 0) is 31.9 Å². The average molecular weight is 339 g/mol. The summed E-state index contributed by atoms with van der Waals surface area (Å²) in [5.74, 6) is -0.952. The fraction of sp³-hybridized carbons (Fsp3) is 0.333. The van der Waals surface area contributed by atoms with Gasteiger partial charge in [-0.1, -0.05) is 12.1 Å². The van der Waals surface area contributed by atoms with E-state index in [-0.39, 0.29) is 30.9 Å². The van der Waals surface area contributed by atoms with E-state index in [2.05, 4.69) is 10.2 Å². The maximum absolute atomic E-state index is 12.5. The molecule has 1 N–H and O–H groups in total. The molecule has 1 saturated carbocycles. The van der Waals surface area contributed by atoms with Crippen LogP contribution in [0.15, 0.2) is 24.3 Å². The number of H-pyrrole nitrogens is 1. The highest BCUT2D eigenvalue weighted by Gasteiger charge is 2.38. The zero-order chi connectivity index (χ0) is 17.6. The van der Waals surface area contributed by atoms with Crippen LogP contribution in [-0.2, 0) is 11.3 Å². The van der Waals surface area contributed by atoms with Gasteiger partial charge in [0.1, 0.15) is 5.56 Å². The number of benzene rings is 1. The van der Waals surface area contributed by atoms with Crippen molar-refractivity contribution in [2.24, 2.45) is 0 Å². The van der Waals surface area contributed by atoms with Gasteiger partial charge in [0.2, 0.25) is 0 Å². The van der Waals surface area contributed by atoms with Crippen molar-refractivity contribution in [2.75, 3.05) is 6.61 Å². The van der Waals surface area contributed by atoms with Crippen LogP contribution in [0.25, 0.3) is 0 Å². The Labute approximate surface area is 144 Å². The lowest BCUT2D eigenvalue weighted by atomic mass is 10.1. The normalized spacial score (nSPS) is 16.3. The van der Waals surface area contributed by atoms with E-state index in [1.54, 1.807) is 31.2 Å². The number of nitrogens with zero attached hydrogens (tertiary/aromatic N) is 2. The second-order valence-corrected chi connectivity index (χ2v) is 6.20. The van der Waals surface area contributed by atoms with Crippen LogP contribution in [0.1, 0.15) is 68.1 Å². The Morgan fingerprint density at radius 3 is 2.44 bits per heavy atom. The van der Waals surface area contributed by atoms with Crippen LogP contribution in [0, 0.1) is 0 Å². The van der Waals surface area contributed by atoms with Gasteiger partial charge in [0.15, 0.2) is 0 Å². The number of ether oxygens (including phenoxy) is 1. The topological polar surface area (TPSA) is 92.4 Å².